The van der Waals surface area contributed by atoms with Gasteiger partial charge in [-0.2, -0.15) is 0 Å². The molecule has 5 nitrogen and oxygen atoms in total. The molecule has 0 spiro atoms. The largest absolute Gasteiger partial charge is 0.493 e. The average molecular weight is 359 g/mol. The van der Waals surface area contributed by atoms with Crippen molar-refractivity contribution in [3.63, 3.8) is 0 Å². The number of rotatable bonds is 4. The minimum absolute atomic E-state index is 0.295. The number of nitrogens with zero attached hydrogens (tertiary/aromatic N) is 2. The summed E-state index contributed by atoms with van der Waals surface area (Å²) < 4.78 is 12.1. The van der Waals surface area contributed by atoms with Gasteiger partial charge >= 0.3 is 6.01 Å². The van der Waals surface area contributed by atoms with Crippen LogP contribution in [-0.2, 0) is 13.0 Å². The van der Waals surface area contributed by atoms with Gasteiger partial charge in [0.05, 0.1) is 6.61 Å². The van der Waals surface area contributed by atoms with Gasteiger partial charge in [0, 0.05) is 23.0 Å². The number of nitrogens with one attached hydrogen (secondary N) is 1. The maximum Gasteiger partial charge on any atom is 0.315 e. The van der Waals surface area contributed by atoms with Crippen LogP contribution in [0.3, 0.4) is 0 Å². The summed E-state index contributed by atoms with van der Waals surface area (Å²) in [6.45, 7) is 3.07. The van der Waals surface area contributed by atoms with Crippen molar-refractivity contribution < 1.29 is 9.15 Å². The van der Waals surface area contributed by atoms with E-state index in [-0.39, 0.29) is 5.38 Å². The lowest BCUT2D eigenvalue weighted by atomic mass is 10.1. The van der Waals surface area contributed by atoms with Crippen molar-refractivity contribution in [2.75, 3.05) is 11.9 Å². The molecule has 1 aliphatic heterocycles. The van der Waals surface area contributed by atoms with Crippen LogP contribution in [0, 0.1) is 0 Å². The van der Waals surface area contributed by atoms with Crippen molar-refractivity contribution in [1.82, 2.24) is 10.2 Å². The molecule has 0 saturated heterocycles. The van der Waals surface area contributed by atoms with Crippen LogP contribution >= 0.6 is 27.5 Å². The molecule has 1 aromatic carbocycles. The Morgan fingerprint density at radius 2 is 2.30 bits per heavy atom. The molecule has 1 aromatic heterocycles. The van der Waals surface area contributed by atoms with Crippen molar-refractivity contribution in [3.8, 4) is 5.75 Å². The molecule has 1 unspecified atom stereocenters. The van der Waals surface area contributed by atoms with Gasteiger partial charge < -0.3 is 14.5 Å². The van der Waals surface area contributed by atoms with E-state index in [2.05, 4.69) is 37.5 Å². The average Bonchev–Trinajstić information content (AvgIpc) is 3.04. The minimum atomic E-state index is -0.295. The van der Waals surface area contributed by atoms with Crippen molar-refractivity contribution in [2.24, 2.45) is 0 Å². The van der Waals surface area contributed by atoms with E-state index in [4.69, 9.17) is 20.8 Å². The number of benzene rings is 1. The fraction of sp³-hybridized carbons (Fsp3) is 0.385. The number of halogens is 2. The van der Waals surface area contributed by atoms with Gasteiger partial charge in [0.1, 0.15) is 11.1 Å². The number of anilines is 1. The zero-order valence-corrected chi connectivity index (χ0v) is 13.2. The van der Waals surface area contributed by atoms with Crippen LogP contribution in [0.15, 0.2) is 21.0 Å². The van der Waals surface area contributed by atoms with E-state index >= 15 is 0 Å². The van der Waals surface area contributed by atoms with Crippen LogP contribution in [0.5, 0.6) is 5.75 Å². The lowest BCUT2D eigenvalue weighted by Crippen LogP contribution is -2.02. The third kappa shape index (κ3) is 2.76. The molecule has 0 aliphatic carbocycles. The van der Waals surface area contributed by atoms with E-state index in [1.165, 1.54) is 5.56 Å². The Labute approximate surface area is 129 Å². The predicted molar refractivity (Wildman–Crippen MR) is 79.2 cm³/mol. The molecule has 3 rings (SSSR count). The van der Waals surface area contributed by atoms with Gasteiger partial charge in [-0.05, 0) is 24.6 Å². The topological polar surface area (TPSA) is 60.2 Å². The molecular weight excluding hydrogens is 346 g/mol. The Morgan fingerprint density at radius 1 is 1.45 bits per heavy atom. The summed E-state index contributed by atoms with van der Waals surface area (Å²) in [5.41, 5.74) is 2.28. The van der Waals surface area contributed by atoms with Gasteiger partial charge in [0.15, 0.2) is 0 Å². The van der Waals surface area contributed by atoms with Crippen LogP contribution in [0.25, 0.3) is 0 Å². The Kier molecular flexibility index (Phi) is 3.85. The smallest absolute Gasteiger partial charge is 0.315 e. The summed E-state index contributed by atoms with van der Waals surface area (Å²) in [5.74, 6) is 1.36. The molecule has 2 heterocycles. The van der Waals surface area contributed by atoms with Gasteiger partial charge in [-0.25, -0.2) is 0 Å². The molecule has 0 saturated carbocycles. The quantitative estimate of drug-likeness (QED) is 0.845. The summed E-state index contributed by atoms with van der Waals surface area (Å²) >= 11 is 9.39. The summed E-state index contributed by atoms with van der Waals surface area (Å²) in [4.78, 5) is 0. The number of hydrogen-bond acceptors (Lipinski definition) is 5. The number of hydrogen-bond donors (Lipinski definition) is 1. The van der Waals surface area contributed by atoms with Crippen molar-refractivity contribution in [1.29, 1.82) is 0 Å². The molecule has 1 N–H and O–H groups in total. The first-order valence-corrected chi connectivity index (χ1v) is 7.52. The molecule has 20 heavy (non-hydrogen) atoms. The van der Waals surface area contributed by atoms with Crippen LogP contribution in [0.2, 0.25) is 0 Å². The zero-order chi connectivity index (χ0) is 14.1. The standard InChI is InChI=1S/C13H13BrClN3O2/c1-7(15)12-17-18-13(20-12)16-6-9-5-10(14)4-8-2-3-19-11(8)9/h4-5,7H,2-3,6H2,1H3,(H,16,18). The Hall–Kier alpha value is -1.27. The number of alkyl halides is 1. The van der Waals surface area contributed by atoms with Crippen LogP contribution in [0.4, 0.5) is 6.01 Å². The summed E-state index contributed by atoms with van der Waals surface area (Å²) in [7, 11) is 0. The van der Waals surface area contributed by atoms with Crippen molar-refractivity contribution in [3.05, 3.63) is 33.6 Å². The van der Waals surface area contributed by atoms with Crippen LogP contribution < -0.4 is 10.1 Å². The molecule has 2 aromatic rings. The number of fused-ring (bicyclic) bond motifs is 1. The third-order valence-electron chi connectivity index (χ3n) is 3.04. The van der Waals surface area contributed by atoms with E-state index in [1.807, 2.05) is 6.07 Å². The molecule has 0 bridgehead atoms. The summed E-state index contributed by atoms with van der Waals surface area (Å²) in [5, 5.41) is 10.6. The molecule has 0 fully saturated rings. The first-order valence-electron chi connectivity index (χ1n) is 6.29. The maximum atomic E-state index is 5.88. The SMILES string of the molecule is CC(Cl)c1nnc(NCc2cc(Br)cc3c2OCC3)o1. The molecular formula is C13H13BrClN3O2. The van der Waals surface area contributed by atoms with E-state index in [9.17, 15) is 0 Å². The van der Waals surface area contributed by atoms with Crippen molar-refractivity contribution in [2.45, 2.75) is 25.3 Å². The second-order valence-corrected chi connectivity index (χ2v) is 6.14. The lowest BCUT2D eigenvalue weighted by molar-refractivity contribution is 0.353. The van der Waals surface area contributed by atoms with E-state index < -0.39 is 0 Å². The first kappa shape index (κ1) is 13.7. The van der Waals surface area contributed by atoms with Gasteiger partial charge in [-0.3, -0.25) is 0 Å². The number of ether oxygens (including phenoxy) is 1. The first-order chi connectivity index (χ1) is 9.63. The Morgan fingerprint density at radius 3 is 3.05 bits per heavy atom. The predicted octanol–water partition coefficient (Wildman–Crippen LogP) is 3.68. The lowest BCUT2D eigenvalue weighted by Gasteiger charge is -2.09. The maximum absolute atomic E-state index is 5.88. The summed E-state index contributed by atoms with van der Waals surface area (Å²) in [6.07, 6.45) is 0.941. The highest BCUT2D eigenvalue weighted by Gasteiger charge is 2.18. The molecule has 1 aliphatic rings. The monoisotopic (exact) mass is 357 g/mol. The second kappa shape index (κ2) is 5.61. The van der Waals surface area contributed by atoms with Gasteiger partial charge in [-0.15, -0.1) is 16.7 Å². The Balaban J connectivity index is 1.75. The van der Waals surface area contributed by atoms with Crippen molar-refractivity contribution >= 4 is 33.5 Å². The Bertz CT molecular complexity index is 630. The van der Waals surface area contributed by atoms with Gasteiger partial charge in [0.25, 0.3) is 0 Å². The zero-order valence-electron chi connectivity index (χ0n) is 10.8. The van der Waals surface area contributed by atoms with E-state index in [1.54, 1.807) is 6.92 Å². The highest BCUT2D eigenvalue weighted by Crippen LogP contribution is 2.33. The number of aromatic nitrogens is 2. The molecule has 1 atom stereocenters. The van der Waals surface area contributed by atoms with Crippen LogP contribution in [0.1, 0.15) is 29.3 Å². The van der Waals surface area contributed by atoms with Crippen LogP contribution in [-0.4, -0.2) is 16.8 Å². The molecule has 0 radical (unpaired) electrons. The third-order valence-corrected chi connectivity index (χ3v) is 3.68. The van der Waals surface area contributed by atoms with E-state index in [0.717, 1.165) is 28.8 Å². The molecule has 106 valence electrons. The molecule has 7 heteroatoms. The highest BCUT2D eigenvalue weighted by atomic mass is 79.9. The highest BCUT2D eigenvalue weighted by molar-refractivity contribution is 9.10. The summed E-state index contributed by atoms with van der Waals surface area (Å²) in [6, 6.07) is 4.48. The van der Waals surface area contributed by atoms with Gasteiger partial charge in [-0.1, -0.05) is 21.0 Å². The molecule has 0 amide bonds. The fourth-order valence-electron chi connectivity index (χ4n) is 2.11. The van der Waals surface area contributed by atoms with E-state index in [0.29, 0.717) is 18.5 Å². The normalized spacial score (nSPS) is 14.8. The second-order valence-electron chi connectivity index (χ2n) is 4.57. The van der Waals surface area contributed by atoms with Gasteiger partial charge in [0.2, 0.25) is 5.89 Å². The fourth-order valence-corrected chi connectivity index (χ4v) is 2.76. The minimum Gasteiger partial charge on any atom is -0.493 e.